The first-order valence-electron chi connectivity index (χ1n) is 7.93. The van der Waals surface area contributed by atoms with Crippen LogP contribution in [0.3, 0.4) is 0 Å². The molecule has 0 aromatic carbocycles. The minimum atomic E-state index is -0.258. The summed E-state index contributed by atoms with van der Waals surface area (Å²) in [6.07, 6.45) is 5.39. The summed E-state index contributed by atoms with van der Waals surface area (Å²) in [6.45, 7) is 4.46. The molecule has 5 fully saturated rings. The fraction of sp³-hybridized carbons (Fsp3) is 1.00. The summed E-state index contributed by atoms with van der Waals surface area (Å²) in [7, 11) is 3.60. The molecule has 4 heteroatoms. The molecule has 2 saturated heterocycles. The van der Waals surface area contributed by atoms with Crippen LogP contribution in [0.2, 0.25) is 0 Å². The lowest BCUT2D eigenvalue weighted by Crippen LogP contribution is -2.72. The third-order valence-corrected chi connectivity index (χ3v) is 6.55. The van der Waals surface area contributed by atoms with Crippen LogP contribution in [0.5, 0.6) is 0 Å². The zero-order chi connectivity index (χ0) is 14.2. The van der Waals surface area contributed by atoms with Gasteiger partial charge in [-0.25, -0.2) is 0 Å². The summed E-state index contributed by atoms with van der Waals surface area (Å²) in [6, 6.07) is 0. The lowest BCUT2D eigenvalue weighted by Gasteiger charge is -2.62. The highest BCUT2D eigenvalue weighted by molar-refractivity contribution is 5.27. The highest BCUT2D eigenvalue weighted by Crippen LogP contribution is 2.68. The van der Waals surface area contributed by atoms with E-state index >= 15 is 0 Å². The van der Waals surface area contributed by atoms with E-state index in [0.717, 1.165) is 25.7 Å². The monoisotopic (exact) mass is 282 g/mol. The van der Waals surface area contributed by atoms with Crippen molar-refractivity contribution in [2.24, 2.45) is 11.8 Å². The summed E-state index contributed by atoms with van der Waals surface area (Å²) in [5, 5.41) is 0. The molecule has 2 aliphatic heterocycles. The zero-order valence-corrected chi connectivity index (χ0v) is 13.0. The summed E-state index contributed by atoms with van der Waals surface area (Å²) >= 11 is 0. The third kappa shape index (κ3) is 1.32. The van der Waals surface area contributed by atoms with E-state index in [1.807, 2.05) is 7.11 Å². The van der Waals surface area contributed by atoms with Gasteiger partial charge in [0.15, 0.2) is 6.29 Å². The van der Waals surface area contributed by atoms with Gasteiger partial charge in [-0.2, -0.15) is 0 Å². The Bertz CT molecular complexity index is 423. The highest BCUT2D eigenvalue weighted by atomic mass is 16.7. The smallest absolute Gasteiger partial charge is 0.157 e. The van der Waals surface area contributed by atoms with Crippen LogP contribution < -0.4 is 0 Å². The van der Waals surface area contributed by atoms with Crippen molar-refractivity contribution in [2.75, 3.05) is 14.2 Å². The molecule has 4 nitrogen and oxygen atoms in total. The van der Waals surface area contributed by atoms with Crippen LogP contribution in [-0.2, 0) is 18.9 Å². The van der Waals surface area contributed by atoms with E-state index in [9.17, 15) is 0 Å². The maximum Gasteiger partial charge on any atom is 0.157 e. The maximum atomic E-state index is 6.68. The van der Waals surface area contributed by atoms with Gasteiger partial charge in [0.25, 0.3) is 0 Å². The lowest BCUT2D eigenvalue weighted by molar-refractivity contribution is -0.329. The van der Waals surface area contributed by atoms with Crippen LogP contribution in [0.1, 0.15) is 46.0 Å². The van der Waals surface area contributed by atoms with Gasteiger partial charge in [-0.1, -0.05) is 0 Å². The molecule has 1 spiro atoms. The van der Waals surface area contributed by atoms with Crippen LogP contribution in [0, 0.1) is 11.8 Å². The third-order valence-electron chi connectivity index (χ3n) is 6.55. The van der Waals surface area contributed by atoms with E-state index in [4.69, 9.17) is 18.9 Å². The first kappa shape index (κ1) is 13.5. The van der Waals surface area contributed by atoms with Crippen LogP contribution in [0.15, 0.2) is 0 Å². The second kappa shape index (κ2) is 3.97. The summed E-state index contributed by atoms with van der Waals surface area (Å²) in [5.41, 5.74) is -0.534. The Morgan fingerprint density at radius 1 is 1.10 bits per heavy atom. The molecule has 0 aromatic rings. The predicted octanol–water partition coefficient (Wildman–Crippen LogP) is 2.50. The second-order valence-electron chi connectivity index (χ2n) is 7.54. The molecule has 0 N–H and O–H groups in total. The zero-order valence-electron chi connectivity index (χ0n) is 13.0. The van der Waals surface area contributed by atoms with Gasteiger partial charge in [0, 0.05) is 26.6 Å². The Labute approximate surface area is 121 Å². The van der Waals surface area contributed by atoms with Gasteiger partial charge in [0.2, 0.25) is 0 Å². The molecular weight excluding hydrogens is 256 g/mol. The molecule has 3 aliphatic carbocycles. The van der Waals surface area contributed by atoms with Crippen molar-refractivity contribution in [2.45, 2.75) is 75.1 Å². The molecule has 4 bridgehead atoms. The molecule has 5 rings (SSSR count). The number of rotatable bonds is 2. The molecule has 2 heterocycles. The molecule has 3 saturated carbocycles. The molecule has 114 valence electrons. The van der Waals surface area contributed by atoms with Gasteiger partial charge in [-0.3, -0.25) is 0 Å². The van der Waals surface area contributed by atoms with Gasteiger partial charge >= 0.3 is 0 Å². The fourth-order valence-electron chi connectivity index (χ4n) is 5.90. The Balaban J connectivity index is 1.81. The van der Waals surface area contributed by atoms with E-state index < -0.39 is 0 Å². The number of hydrogen-bond donors (Lipinski definition) is 0. The van der Waals surface area contributed by atoms with Gasteiger partial charge in [-0.15, -0.1) is 0 Å². The van der Waals surface area contributed by atoms with Gasteiger partial charge in [0.05, 0.1) is 11.7 Å². The maximum absolute atomic E-state index is 6.68. The highest BCUT2D eigenvalue weighted by Gasteiger charge is 2.78. The number of ether oxygens (including phenoxy) is 4. The van der Waals surface area contributed by atoms with Crippen LogP contribution in [-0.4, -0.2) is 43.4 Å². The first-order valence-corrected chi connectivity index (χ1v) is 7.93. The van der Waals surface area contributed by atoms with Crippen molar-refractivity contribution < 1.29 is 18.9 Å². The van der Waals surface area contributed by atoms with Crippen molar-refractivity contribution in [1.29, 1.82) is 0 Å². The average Bonchev–Trinajstić information content (AvgIpc) is 2.60. The van der Waals surface area contributed by atoms with Crippen LogP contribution >= 0.6 is 0 Å². The van der Waals surface area contributed by atoms with Crippen LogP contribution in [0.25, 0.3) is 0 Å². The number of hydrogen-bond acceptors (Lipinski definition) is 4. The van der Waals surface area contributed by atoms with E-state index in [0.29, 0.717) is 11.8 Å². The Hall–Kier alpha value is -0.160. The standard InChI is InChI=1S/C16H26O4/c1-14(2)11-9-10-5-7-15(11,18-4)16(20-14)8-6-12(17-3)19-13(10)16/h10-13H,5-9H2,1-4H3/t10-,11+,12?,13-,15-,16+/m0/s1. The first-order chi connectivity index (χ1) is 9.49. The van der Waals surface area contributed by atoms with E-state index in [1.165, 1.54) is 6.42 Å². The number of methoxy groups -OCH3 is 2. The largest absolute Gasteiger partial charge is 0.375 e. The fourth-order valence-corrected chi connectivity index (χ4v) is 5.90. The molecule has 0 radical (unpaired) electrons. The predicted molar refractivity (Wildman–Crippen MR) is 73.4 cm³/mol. The Morgan fingerprint density at radius 2 is 1.90 bits per heavy atom. The van der Waals surface area contributed by atoms with Crippen LogP contribution in [0.4, 0.5) is 0 Å². The van der Waals surface area contributed by atoms with E-state index in [2.05, 4.69) is 13.8 Å². The minimum Gasteiger partial charge on any atom is -0.375 e. The summed E-state index contributed by atoms with van der Waals surface area (Å²) < 4.78 is 24.6. The number of fused-ring (bicyclic) bond motifs is 1. The molecule has 0 amide bonds. The van der Waals surface area contributed by atoms with Gasteiger partial charge < -0.3 is 18.9 Å². The molecule has 0 aromatic heterocycles. The summed E-state index contributed by atoms with van der Waals surface area (Å²) in [5.74, 6) is 1.08. The Morgan fingerprint density at radius 3 is 2.60 bits per heavy atom. The van der Waals surface area contributed by atoms with Crippen molar-refractivity contribution in [3.63, 3.8) is 0 Å². The van der Waals surface area contributed by atoms with Crippen molar-refractivity contribution in [1.82, 2.24) is 0 Å². The topological polar surface area (TPSA) is 36.9 Å². The summed E-state index contributed by atoms with van der Waals surface area (Å²) in [4.78, 5) is 0. The van der Waals surface area contributed by atoms with Gasteiger partial charge in [-0.05, 0) is 45.4 Å². The van der Waals surface area contributed by atoms with E-state index in [-0.39, 0.29) is 29.2 Å². The van der Waals surface area contributed by atoms with Crippen molar-refractivity contribution in [3.8, 4) is 0 Å². The molecular formula is C16H26O4. The second-order valence-corrected chi connectivity index (χ2v) is 7.54. The van der Waals surface area contributed by atoms with E-state index in [1.54, 1.807) is 7.11 Å². The lowest BCUT2D eigenvalue weighted by atomic mass is 9.51. The molecule has 5 aliphatic rings. The average molecular weight is 282 g/mol. The van der Waals surface area contributed by atoms with Crippen molar-refractivity contribution in [3.05, 3.63) is 0 Å². The molecule has 20 heavy (non-hydrogen) atoms. The van der Waals surface area contributed by atoms with Crippen molar-refractivity contribution >= 4 is 0 Å². The normalized spacial score (nSPS) is 55.8. The minimum absolute atomic E-state index is 0.0790. The molecule has 6 atom stereocenters. The van der Waals surface area contributed by atoms with Gasteiger partial charge in [0.1, 0.15) is 11.2 Å². The molecule has 1 unspecified atom stereocenters. The SMILES string of the molecule is COC1CC[C@]23OC(C)(C)[C@H]4C[C@H](CC[C@]42OC)[C@@H]3O1. The quantitative estimate of drug-likeness (QED) is 0.780. The Kier molecular flexibility index (Phi) is 2.68.